The second kappa shape index (κ2) is 11.6. The minimum absolute atomic E-state index is 0. The highest BCUT2D eigenvalue weighted by atomic mass is 127. The van der Waals surface area contributed by atoms with Gasteiger partial charge in [0.2, 0.25) is 0 Å². The lowest BCUT2D eigenvalue weighted by Gasteiger charge is -2.21. The van der Waals surface area contributed by atoms with Gasteiger partial charge in [-0.3, -0.25) is 0 Å². The van der Waals surface area contributed by atoms with Crippen LogP contribution in [0.4, 0.5) is 0 Å². The number of hydrogen-bond donors (Lipinski definition) is 3. The van der Waals surface area contributed by atoms with Crippen molar-refractivity contribution in [3.05, 3.63) is 22.4 Å². The van der Waals surface area contributed by atoms with Crippen molar-refractivity contribution in [2.24, 2.45) is 4.99 Å². The average Bonchev–Trinajstić information content (AvgIpc) is 2.95. The van der Waals surface area contributed by atoms with Crippen LogP contribution >= 0.6 is 47.1 Å². The van der Waals surface area contributed by atoms with Crippen LogP contribution in [-0.2, 0) is 5.60 Å². The smallest absolute Gasteiger partial charge is 0.191 e. The van der Waals surface area contributed by atoms with Gasteiger partial charge in [-0.2, -0.15) is 23.1 Å². The molecular weight excluding hydrogens is 417 g/mol. The van der Waals surface area contributed by atoms with Gasteiger partial charge < -0.3 is 15.7 Å². The van der Waals surface area contributed by atoms with Crippen molar-refractivity contribution < 1.29 is 5.11 Å². The lowest BCUT2D eigenvalue weighted by molar-refractivity contribution is 0.0677. The first-order chi connectivity index (χ1) is 9.60. The molecule has 0 radical (unpaired) electrons. The van der Waals surface area contributed by atoms with Crippen molar-refractivity contribution in [1.82, 2.24) is 10.6 Å². The van der Waals surface area contributed by atoms with Gasteiger partial charge in [0.25, 0.3) is 0 Å². The van der Waals surface area contributed by atoms with Gasteiger partial charge in [0.1, 0.15) is 5.60 Å². The molecule has 1 aromatic heterocycles. The van der Waals surface area contributed by atoms with Crippen LogP contribution in [0.1, 0.15) is 25.8 Å². The van der Waals surface area contributed by atoms with E-state index in [0.717, 1.165) is 36.8 Å². The maximum absolute atomic E-state index is 10.4. The molecule has 0 amide bonds. The van der Waals surface area contributed by atoms with E-state index < -0.39 is 5.60 Å². The molecule has 1 rings (SSSR count). The summed E-state index contributed by atoms with van der Waals surface area (Å²) in [7, 11) is 0. The molecule has 122 valence electrons. The van der Waals surface area contributed by atoms with Crippen LogP contribution < -0.4 is 10.6 Å². The quantitative estimate of drug-likeness (QED) is 0.250. The minimum atomic E-state index is -0.915. The summed E-state index contributed by atoms with van der Waals surface area (Å²) in [5, 5.41) is 20.9. The zero-order chi connectivity index (χ0) is 14.8. The Morgan fingerprint density at radius 1 is 1.48 bits per heavy atom. The van der Waals surface area contributed by atoms with Crippen LogP contribution in [0.3, 0.4) is 0 Å². The summed E-state index contributed by atoms with van der Waals surface area (Å²) in [6, 6.07) is 1.94. The Morgan fingerprint density at radius 3 is 2.81 bits per heavy atom. The lowest BCUT2D eigenvalue weighted by Crippen LogP contribution is -2.39. The fraction of sp³-hybridized carbons (Fsp3) is 0.643. The van der Waals surface area contributed by atoms with Crippen LogP contribution in [0.2, 0.25) is 0 Å². The number of thiophene rings is 1. The van der Waals surface area contributed by atoms with Crippen molar-refractivity contribution >= 4 is 53.0 Å². The van der Waals surface area contributed by atoms with Crippen LogP contribution in [0, 0.1) is 0 Å². The van der Waals surface area contributed by atoms with Crippen molar-refractivity contribution in [1.29, 1.82) is 0 Å². The van der Waals surface area contributed by atoms with Gasteiger partial charge in [-0.25, -0.2) is 4.99 Å². The summed E-state index contributed by atoms with van der Waals surface area (Å²) in [5.74, 6) is 1.91. The summed E-state index contributed by atoms with van der Waals surface area (Å²) >= 11 is 3.43. The Morgan fingerprint density at radius 2 is 2.24 bits per heavy atom. The predicted octanol–water partition coefficient (Wildman–Crippen LogP) is 2.88. The Kier molecular flexibility index (Phi) is 11.6. The van der Waals surface area contributed by atoms with Crippen molar-refractivity contribution in [3.8, 4) is 0 Å². The first kappa shape index (κ1) is 21.0. The van der Waals surface area contributed by atoms with E-state index in [1.807, 2.05) is 35.5 Å². The highest BCUT2D eigenvalue weighted by Gasteiger charge is 2.23. The van der Waals surface area contributed by atoms with E-state index >= 15 is 0 Å². The molecule has 0 fully saturated rings. The molecule has 0 aliphatic carbocycles. The normalized spacial score (nSPS) is 14.2. The van der Waals surface area contributed by atoms with Crippen LogP contribution in [-0.4, -0.2) is 42.7 Å². The minimum Gasteiger partial charge on any atom is -0.383 e. The number of rotatable bonds is 8. The number of nitrogens with zero attached hydrogens (tertiary/aromatic N) is 1. The molecule has 7 heteroatoms. The molecule has 1 aromatic rings. The van der Waals surface area contributed by atoms with Gasteiger partial charge in [0.15, 0.2) is 5.96 Å². The van der Waals surface area contributed by atoms with Gasteiger partial charge in [-0.15, -0.1) is 24.0 Å². The molecule has 0 spiro atoms. The summed E-state index contributed by atoms with van der Waals surface area (Å²) in [4.78, 5) is 4.48. The third-order valence-corrected chi connectivity index (χ3v) is 4.23. The fourth-order valence-electron chi connectivity index (χ4n) is 1.66. The number of halogens is 1. The SMILES string of the molecule is CCNC(=NCC(C)(O)c1ccsc1)NCCCSC.I. The number of guanidine groups is 1. The van der Waals surface area contributed by atoms with E-state index in [-0.39, 0.29) is 24.0 Å². The predicted molar refractivity (Wildman–Crippen MR) is 106 cm³/mol. The topological polar surface area (TPSA) is 56.7 Å². The summed E-state index contributed by atoms with van der Waals surface area (Å²) in [5.41, 5.74) is 0.00576. The molecular formula is C14H26IN3OS2. The molecule has 0 aromatic carbocycles. The van der Waals surface area contributed by atoms with Crippen LogP contribution in [0.5, 0.6) is 0 Å². The monoisotopic (exact) mass is 443 g/mol. The molecule has 1 unspecified atom stereocenters. The number of aliphatic imine (C=N–C) groups is 1. The molecule has 1 heterocycles. The fourth-order valence-corrected chi connectivity index (χ4v) is 2.88. The molecule has 0 aliphatic rings. The second-order valence-electron chi connectivity index (χ2n) is 4.75. The van der Waals surface area contributed by atoms with Gasteiger partial charge in [0.05, 0.1) is 6.54 Å². The second-order valence-corrected chi connectivity index (χ2v) is 6.52. The first-order valence-electron chi connectivity index (χ1n) is 6.86. The number of nitrogens with one attached hydrogen (secondary N) is 2. The van der Waals surface area contributed by atoms with Crippen molar-refractivity contribution in [2.45, 2.75) is 25.9 Å². The highest BCUT2D eigenvalue weighted by molar-refractivity contribution is 14.0. The lowest BCUT2D eigenvalue weighted by atomic mass is 10.00. The maximum Gasteiger partial charge on any atom is 0.191 e. The third-order valence-electron chi connectivity index (χ3n) is 2.85. The summed E-state index contributed by atoms with van der Waals surface area (Å²) in [6.45, 7) is 5.90. The van der Waals surface area contributed by atoms with Gasteiger partial charge in [-0.1, -0.05) is 0 Å². The van der Waals surface area contributed by atoms with E-state index in [4.69, 9.17) is 0 Å². The molecule has 4 nitrogen and oxygen atoms in total. The van der Waals surface area contributed by atoms with Crippen LogP contribution in [0.15, 0.2) is 21.8 Å². The van der Waals surface area contributed by atoms with Crippen LogP contribution in [0.25, 0.3) is 0 Å². The zero-order valence-electron chi connectivity index (χ0n) is 12.9. The van der Waals surface area contributed by atoms with Gasteiger partial charge in [-0.05, 0) is 54.7 Å². The van der Waals surface area contributed by atoms with E-state index in [1.165, 1.54) is 0 Å². The van der Waals surface area contributed by atoms with Crippen molar-refractivity contribution in [3.63, 3.8) is 0 Å². The molecule has 1 atom stereocenters. The number of aliphatic hydroxyl groups is 1. The van der Waals surface area contributed by atoms with E-state index in [9.17, 15) is 5.11 Å². The Balaban J connectivity index is 0.00000400. The van der Waals surface area contributed by atoms with E-state index in [0.29, 0.717) is 6.54 Å². The maximum atomic E-state index is 10.4. The molecule has 0 aliphatic heterocycles. The van der Waals surface area contributed by atoms with E-state index in [1.54, 1.807) is 18.3 Å². The average molecular weight is 443 g/mol. The molecule has 0 saturated carbocycles. The summed E-state index contributed by atoms with van der Waals surface area (Å²) < 4.78 is 0. The Bertz CT molecular complexity index is 397. The Hall–Kier alpha value is 0.01000. The molecule has 0 saturated heterocycles. The van der Waals surface area contributed by atoms with Crippen molar-refractivity contribution in [2.75, 3.05) is 31.6 Å². The van der Waals surface area contributed by atoms with Gasteiger partial charge >= 0.3 is 0 Å². The van der Waals surface area contributed by atoms with Gasteiger partial charge in [0, 0.05) is 13.1 Å². The number of hydrogen-bond acceptors (Lipinski definition) is 4. The largest absolute Gasteiger partial charge is 0.383 e. The molecule has 3 N–H and O–H groups in total. The zero-order valence-corrected chi connectivity index (χ0v) is 16.9. The Labute approximate surface area is 153 Å². The first-order valence-corrected chi connectivity index (χ1v) is 9.20. The van der Waals surface area contributed by atoms with E-state index in [2.05, 4.69) is 21.9 Å². The third kappa shape index (κ3) is 8.27. The number of thioether (sulfide) groups is 1. The standard InChI is InChI=1S/C14H25N3OS2.HI/c1-4-15-13(16-7-5-8-19-3)17-11-14(2,18)12-6-9-20-10-12;/h6,9-10,18H,4-5,7-8,11H2,1-3H3,(H2,15,16,17);1H. The highest BCUT2D eigenvalue weighted by Crippen LogP contribution is 2.23. The molecule has 0 bridgehead atoms. The summed E-state index contributed by atoms with van der Waals surface area (Å²) in [6.07, 6.45) is 3.21. The molecule has 21 heavy (non-hydrogen) atoms.